The first-order valence-corrected chi connectivity index (χ1v) is 6.84. The zero-order valence-corrected chi connectivity index (χ0v) is 11.2. The summed E-state index contributed by atoms with van der Waals surface area (Å²) in [4.78, 5) is 0. The molecule has 2 aromatic rings. The Kier molecular flexibility index (Phi) is 3.26. The number of nitrogens with two attached hydrogens (primary N) is 1. The van der Waals surface area contributed by atoms with Crippen LogP contribution in [0.3, 0.4) is 0 Å². The number of hydrogen-bond donors (Lipinski definition) is 1. The van der Waals surface area contributed by atoms with Crippen LogP contribution in [0.25, 0.3) is 11.1 Å². The molecule has 98 valence electrons. The maximum absolute atomic E-state index is 5.91. The summed E-state index contributed by atoms with van der Waals surface area (Å²) in [6, 6.07) is 15.1. The van der Waals surface area contributed by atoms with Crippen molar-refractivity contribution in [1.29, 1.82) is 0 Å². The van der Waals surface area contributed by atoms with Gasteiger partial charge in [-0.3, -0.25) is 0 Å². The average molecular weight is 253 g/mol. The normalized spacial score (nSPS) is 13.8. The van der Waals surface area contributed by atoms with Crippen LogP contribution in [0.1, 0.15) is 24.5 Å². The molecule has 0 saturated carbocycles. The molecule has 1 atom stereocenters. The highest BCUT2D eigenvalue weighted by molar-refractivity contribution is 5.78. The van der Waals surface area contributed by atoms with Gasteiger partial charge in [0.25, 0.3) is 0 Å². The Morgan fingerprint density at radius 2 is 1.89 bits per heavy atom. The van der Waals surface area contributed by atoms with E-state index in [1.165, 1.54) is 22.3 Å². The van der Waals surface area contributed by atoms with Gasteiger partial charge in [-0.05, 0) is 36.1 Å². The molecular weight excluding hydrogens is 234 g/mol. The van der Waals surface area contributed by atoms with Crippen molar-refractivity contribution in [3.63, 3.8) is 0 Å². The van der Waals surface area contributed by atoms with Crippen molar-refractivity contribution < 1.29 is 4.74 Å². The maximum atomic E-state index is 5.91. The Bertz CT molecular complexity index is 590. The molecule has 0 heterocycles. The van der Waals surface area contributed by atoms with Gasteiger partial charge in [0.1, 0.15) is 5.75 Å². The first-order chi connectivity index (χ1) is 9.25. The van der Waals surface area contributed by atoms with Crippen LogP contribution in [-0.4, -0.2) is 12.6 Å². The maximum Gasteiger partial charge on any atom is 0.123 e. The highest BCUT2D eigenvalue weighted by Gasteiger charge is 2.20. The molecule has 1 aliphatic rings. The fourth-order valence-electron chi connectivity index (χ4n) is 2.62. The van der Waals surface area contributed by atoms with Crippen molar-refractivity contribution in [2.45, 2.75) is 25.8 Å². The van der Waals surface area contributed by atoms with Crippen LogP contribution in [0.4, 0.5) is 0 Å². The molecule has 2 N–H and O–H groups in total. The first kappa shape index (κ1) is 12.2. The fraction of sp³-hybridized carbons (Fsp3) is 0.294. The molecular formula is C17H19NO. The second-order valence-corrected chi connectivity index (χ2v) is 5.23. The molecule has 0 spiro atoms. The van der Waals surface area contributed by atoms with Crippen LogP contribution in [-0.2, 0) is 6.42 Å². The molecule has 0 amide bonds. The van der Waals surface area contributed by atoms with Gasteiger partial charge < -0.3 is 10.5 Å². The predicted octanol–water partition coefficient (Wildman–Crippen LogP) is 3.37. The molecule has 1 aliphatic carbocycles. The van der Waals surface area contributed by atoms with E-state index in [4.69, 9.17) is 10.5 Å². The van der Waals surface area contributed by atoms with E-state index < -0.39 is 0 Å². The Balaban J connectivity index is 1.86. The van der Waals surface area contributed by atoms with Gasteiger partial charge in [-0.2, -0.15) is 0 Å². The van der Waals surface area contributed by atoms with Crippen molar-refractivity contribution >= 4 is 0 Å². The van der Waals surface area contributed by atoms with Crippen LogP contribution in [0, 0.1) is 0 Å². The molecule has 2 aromatic carbocycles. The molecule has 1 unspecified atom stereocenters. The van der Waals surface area contributed by atoms with E-state index in [2.05, 4.69) is 42.5 Å². The minimum absolute atomic E-state index is 0.189. The molecule has 19 heavy (non-hydrogen) atoms. The van der Waals surface area contributed by atoms with Crippen LogP contribution in [0.15, 0.2) is 42.5 Å². The van der Waals surface area contributed by atoms with Gasteiger partial charge in [0.15, 0.2) is 0 Å². The lowest BCUT2D eigenvalue weighted by Gasteiger charge is -2.12. The van der Waals surface area contributed by atoms with Gasteiger partial charge in [0.2, 0.25) is 0 Å². The molecule has 2 nitrogen and oxygen atoms in total. The smallest absolute Gasteiger partial charge is 0.123 e. The lowest BCUT2D eigenvalue weighted by molar-refractivity contribution is 0.299. The Labute approximate surface area is 114 Å². The second kappa shape index (κ2) is 5.06. The predicted molar refractivity (Wildman–Crippen MR) is 78.4 cm³/mol. The van der Waals surface area contributed by atoms with Crippen molar-refractivity contribution in [3.05, 3.63) is 53.6 Å². The van der Waals surface area contributed by atoms with E-state index >= 15 is 0 Å². The molecule has 0 radical (unpaired) electrons. The van der Waals surface area contributed by atoms with E-state index in [9.17, 15) is 0 Å². The molecule has 0 aliphatic heterocycles. The molecule has 3 rings (SSSR count). The zero-order valence-electron chi connectivity index (χ0n) is 11.2. The summed E-state index contributed by atoms with van der Waals surface area (Å²) in [6.07, 6.45) is 1.86. The summed E-state index contributed by atoms with van der Waals surface area (Å²) in [5.74, 6) is 1.01. The molecule has 0 saturated heterocycles. The summed E-state index contributed by atoms with van der Waals surface area (Å²) < 4.78 is 5.91. The third-order valence-electron chi connectivity index (χ3n) is 3.64. The third kappa shape index (κ3) is 2.36. The quantitative estimate of drug-likeness (QED) is 0.773. The summed E-state index contributed by atoms with van der Waals surface area (Å²) in [5.41, 5.74) is 11.1. The highest BCUT2D eigenvalue weighted by atomic mass is 16.5. The van der Waals surface area contributed by atoms with Crippen LogP contribution < -0.4 is 10.5 Å². The Morgan fingerprint density at radius 3 is 2.74 bits per heavy atom. The fourth-order valence-corrected chi connectivity index (χ4v) is 2.62. The third-order valence-corrected chi connectivity index (χ3v) is 3.64. The summed E-state index contributed by atoms with van der Waals surface area (Å²) >= 11 is 0. The largest absolute Gasteiger partial charge is 0.493 e. The van der Waals surface area contributed by atoms with E-state index in [0.717, 1.165) is 18.6 Å². The number of hydrogen-bond acceptors (Lipinski definition) is 2. The number of ether oxygens (including phenoxy) is 1. The van der Waals surface area contributed by atoms with E-state index in [1.807, 2.05) is 6.92 Å². The standard InChI is InChI=1S/C17H19NO/c1-12(18)9-10-19-17-8-4-7-15-14-6-3-2-5-13(14)11-16(15)17/h2-8,12H,9-11,18H2,1H3. The van der Waals surface area contributed by atoms with Gasteiger partial charge in [0, 0.05) is 18.0 Å². The first-order valence-electron chi connectivity index (χ1n) is 6.84. The number of fused-ring (bicyclic) bond motifs is 3. The SMILES string of the molecule is CC(N)CCOc1cccc2c1Cc1ccccc1-2. The monoisotopic (exact) mass is 253 g/mol. The van der Waals surface area contributed by atoms with Crippen LogP contribution in [0.2, 0.25) is 0 Å². The Hall–Kier alpha value is -1.80. The minimum atomic E-state index is 0.189. The molecule has 0 aromatic heterocycles. The highest BCUT2D eigenvalue weighted by Crippen LogP contribution is 2.40. The summed E-state index contributed by atoms with van der Waals surface area (Å²) in [6.45, 7) is 2.69. The van der Waals surface area contributed by atoms with Gasteiger partial charge in [0.05, 0.1) is 6.61 Å². The van der Waals surface area contributed by atoms with Gasteiger partial charge in [-0.15, -0.1) is 0 Å². The second-order valence-electron chi connectivity index (χ2n) is 5.23. The van der Waals surface area contributed by atoms with Crippen LogP contribution in [0.5, 0.6) is 5.75 Å². The summed E-state index contributed by atoms with van der Waals surface area (Å²) in [5, 5.41) is 0. The van der Waals surface area contributed by atoms with Crippen molar-refractivity contribution in [3.8, 4) is 16.9 Å². The van der Waals surface area contributed by atoms with E-state index in [1.54, 1.807) is 0 Å². The topological polar surface area (TPSA) is 35.2 Å². The van der Waals surface area contributed by atoms with E-state index in [-0.39, 0.29) is 6.04 Å². The Morgan fingerprint density at radius 1 is 1.11 bits per heavy atom. The lowest BCUT2D eigenvalue weighted by Crippen LogP contribution is -2.18. The van der Waals surface area contributed by atoms with Gasteiger partial charge >= 0.3 is 0 Å². The zero-order chi connectivity index (χ0) is 13.2. The van der Waals surface area contributed by atoms with E-state index in [0.29, 0.717) is 6.61 Å². The van der Waals surface area contributed by atoms with Gasteiger partial charge in [-0.1, -0.05) is 36.4 Å². The van der Waals surface area contributed by atoms with Crippen molar-refractivity contribution in [2.75, 3.05) is 6.61 Å². The van der Waals surface area contributed by atoms with Crippen LogP contribution >= 0.6 is 0 Å². The van der Waals surface area contributed by atoms with Crippen molar-refractivity contribution in [2.24, 2.45) is 5.73 Å². The number of rotatable bonds is 4. The molecule has 0 fully saturated rings. The van der Waals surface area contributed by atoms with Gasteiger partial charge in [-0.25, -0.2) is 0 Å². The molecule has 2 heteroatoms. The molecule has 0 bridgehead atoms. The minimum Gasteiger partial charge on any atom is -0.493 e. The van der Waals surface area contributed by atoms with Crippen molar-refractivity contribution in [1.82, 2.24) is 0 Å². The number of benzene rings is 2. The summed E-state index contributed by atoms with van der Waals surface area (Å²) in [7, 11) is 0. The lowest BCUT2D eigenvalue weighted by atomic mass is 10.1. The average Bonchev–Trinajstić information content (AvgIpc) is 2.78.